The van der Waals surface area contributed by atoms with Crippen molar-refractivity contribution >= 4 is 35.2 Å². The average Bonchev–Trinajstić information content (AvgIpc) is 2.50. The molecule has 1 aromatic carbocycles. The highest BCUT2D eigenvalue weighted by atomic mass is 35.5. The van der Waals surface area contributed by atoms with E-state index in [1.54, 1.807) is 18.2 Å². The SMILES string of the molecule is CCN(CC(=O)O)C1CC(NC(=O)N[C@H](C)c2cc(Cl)ccc2Cl)C1. The van der Waals surface area contributed by atoms with E-state index >= 15 is 0 Å². The molecule has 0 radical (unpaired) electrons. The smallest absolute Gasteiger partial charge is 0.317 e. The summed E-state index contributed by atoms with van der Waals surface area (Å²) in [5.41, 5.74) is 0.759. The van der Waals surface area contributed by atoms with Crippen molar-refractivity contribution in [3.63, 3.8) is 0 Å². The van der Waals surface area contributed by atoms with Crippen molar-refractivity contribution in [3.05, 3.63) is 33.8 Å². The monoisotopic (exact) mass is 387 g/mol. The summed E-state index contributed by atoms with van der Waals surface area (Å²) in [7, 11) is 0. The lowest BCUT2D eigenvalue weighted by Gasteiger charge is -2.42. The van der Waals surface area contributed by atoms with Gasteiger partial charge >= 0.3 is 12.0 Å². The van der Waals surface area contributed by atoms with Crippen molar-refractivity contribution in [1.82, 2.24) is 15.5 Å². The van der Waals surface area contributed by atoms with Crippen molar-refractivity contribution in [3.8, 4) is 0 Å². The van der Waals surface area contributed by atoms with Crippen molar-refractivity contribution in [2.45, 2.75) is 44.8 Å². The second-order valence-electron chi connectivity index (χ2n) is 6.28. The lowest BCUT2D eigenvalue weighted by atomic mass is 9.85. The van der Waals surface area contributed by atoms with Crippen LogP contribution in [0.2, 0.25) is 10.0 Å². The van der Waals surface area contributed by atoms with E-state index in [-0.39, 0.29) is 30.7 Å². The second-order valence-corrected chi connectivity index (χ2v) is 7.13. The van der Waals surface area contributed by atoms with E-state index in [0.29, 0.717) is 16.6 Å². The fourth-order valence-corrected chi connectivity index (χ4v) is 3.49. The normalized spacial score (nSPS) is 20.7. The predicted molar refractivity (Wildman–Crippen MR) is 98.2 cm³/mol. The highest BCUT2D eigenvalue weighted by Gasteiger charge is 2.34. The third kappa shape index (κ3) is 5.49. The van der Waals surface area contributed by atoms with Gasteiger partial charge in [-0.3, -0.25) is 9.69 Å². The summed E-state index contributed by atoms with van der Waals surface area (Å²) in [6, 6.07) is 4.84. The molecule has 25 heavy (non-hydrogen) atoms. The number of hydrogen-bond donors (Lipinski definition) is 3. The maximum Gasteiger partial charge on any atom is 0.317 e. The number of carboxylic acid groups (broad SMARTS) is 1. The van der Waals surface area contributed by atoms with Crippen LogP contribution in [-0.4, -0.2) is 47.2 Å². The molecule has 0 unspecified atom stereocenters. The fourth-order valence-electron chi connectivity index (χ4n) is 3.02. The Hall–Kier alpha value is -1.50. The fraction of sp³-hybridized carbons (Fsp3) is 0.529. The van der Waals surface area contributed by atoms with Crippen LogP contribution in [0.15, 0.2) is 18.2 Å². The molecule has 8 heteroatoms. The number of nitrogens with zero attached hydrogens (tertiary/aromatic N) is 1. The highest BCUT2D eigenvalue weighted by molar-refractivity contribution is 6.33. The van der Waals surface area contributed by atoms with E-state index in [0.717, 1.165) is 18.4 Å². The van der Waals surface area contributed by atoms with E-state index in [1.807, 2.05) is 18.7 Å². The Bertz CT molecular complexity index is 636. The molecule has 0 aliphatic heterocycles. The first-order valence-corrected chi connectivity index (χ1v) is 9.03. The molecule has 138 valence electrons. The van der Waals surface area contributed by atoms with Crippen molar-refractivity contribution in [1.29, 1.82) is 0 Å². The van der Waals surface area contributed by atoms with Crippen LogP contribution in [0.25, 0.3) is 0 Å². The van der Waals surface area contributed by atoms with Crippen LogP contribution in [0, 0.1) is 0 Å². The molecule has 1 aliphatic carbocycles. The first kappa shape index (κ1) is 19.8. The van der Waals surface area contributed by atoms with Gasteiger partial charge in [0.1, 0.15) is 0 Å². The minimum atomic E-state index is -0.830. The number of hydrogen-bond acceptors (Lipinski definition) is 3. The largest absolute Gasteiger partial charge is 0.480 e. The minimum Gasteiger partial charge on any atom is -0.480 e. The predicted octanol–water partition coefficient (Wildman–Crippen LogP) is 3.29. The van der Waals surface area contributed by atoms with Gasteiger partial charge in [0, 0.05) is 22.1 Å². The van der Waals surface area contributed by atoms with E-state index in [2.05, 4.69) is 10.6 Å². The van der Waals surface area contributed by atoms with Gasteiger partial charge in [-0.05, 0) is 50.1 Å². The first-order valence-electron chi connectivity index (χ1n) is 8.28. The molecule has 2 rings (SSSR count). The number of aliphatic carboxylic acids is 1. The van der Waals surface area contributed by atoms with E-state index in [1.165, 1.54) is 0 Å². The number of amides is 2. The summed E-state index contributed by atoms with van der Waals surface area (Å²) in [6.07, 6.45) is 1.50. The lowest BCUT2D eigenvalue weighted by Crippen LogP contribution is -2.56. The van der Waals surface area contributed by atoms with Crippen LogP contribution in [0.3, 0.4) is 0 Å². The molecule has 0 heterocycles. The van der Waals surface area contributed by atoms with Gasteiger partial charge in [-0.1, -0.05) is 30.1 Å². The van der Waals surface area contributed by atoms with Gasteiger partial charge in [-0.2, -0.15) is 0 Å². The molecule has 3 N–H and O–H groups in total. The molecule has 2 amide bonds. The van der Waals surface area contributed by atoms with Crippen molar-refractivity contribution in [2.24, 2.45) is 0 Å². The zero-order chi connectivity index (χ0) is 18.6. The van der Waals surface area contributed by atoms with Crippen LogP contribution >= 0.6 is 23.2 Å². The lowest BCUT2D eigenvalue weighted by molar-refractivity contribution is -0.139. The molecular weight excluding hydrogens is 365 g/mol. The van der Waals surface area contributed by atoms with Crippen molar-refractivity contribution in [2.75, 3.05) is 13.1 Å². The van der Waals surface area contributed by atoms with Crippen LogP contribution < -0.4 is 10.6 Å². The van der Waals surface area contributed by atoms with Crippen molar-refractivity contribution < 1.29 is 14.7 Å². The highest BCUT2D eigenvalue weighted by Crippen LogP contribution is 2.27. The minimum absolute atomic E-state index is 0.0321. The number of carbonyl (C=O) groups excluding carboxylic acids is 1. The molecule has 0 bridgehead atoms. The maximum absolute atomic E-state index is 12.1. The molecule has 0 aromatic heterocycles. The van der Waals surface area contributed by atoms with Crippen LogP contribution in [0.5, 0.6) is 0 Å². The van der Waals surface area contributed by atoms with E-state index in [4.69, 9.17) is 28.3 Å². The van der Waals surface area contributed by atoms with Gasteiger partial charge < -0.3 is 15.7 Å². The quantitative estimate of drug-likeness (QED) is 0.670. The molecule has 1 aliphatic rings. The third-order valence-corrected chi connectivity index (χ3v) is 5.06. The topological polar surface area (TPSA) is 81.7 Å². The summed E-state index contributed by atoms with van der Waals surface area (Å²) in [4.78, 5) is 24.9. The van der Waals surface area contributed by atoms with Crippen LogP contribution in [0.4, 0.5) is 4.79 Å². The van der Waals surface area contributed by atoms with Crippen LogP contribution in [0.1, 0.15) is 38.3 Å². The van der Waals surface area contributed by atoms with Gasteiger partial charge in [0.15, 0.2) is 0 Å². The summed E-state index contributed by atoms with van der Waals surface area (Å²) in [5, 5.41) is 15.8. The maximum atomic E-state index is 12.1. The molecule has 1 aromatic rings. The van der Waals surface area contributed by atoms with E-state index in [9.17, 15) is 9.59 Å². The number of halogens is 2. The molecule has 0 spiro atoms. The molecule has 0 saturated heterocycles. The molecule has 6 nitrogen and oxygen atoms in total. The third-order valence-electron chi connectivity index (χ3n) is 4.48. The number of benzene rings is 1. The Balaban J connectivity index is 1.80. The van der Waals surface area contributed by atoms with E-state index < -0.39 is 5.97 Å². The van der Waals surface area contributed by atoms with Crippen LogP contribution in [-0.2, 0) is 4.79 Å². The average molecular weight is 388 g/mol. The molecular formula is C17H23Cl2N3O3. The van der Waals surface area contributed by atoms with Gasteiger partial charge in [-0.25, -0.2) is 4.79 Å². The Labute approximate surface area is 157 Å². The molecule has 1 saturated carbocycles. The Kier molecular flexibility index (Phi) is 6.93. The summed E-state index contributed by atoms with van der Waals surface area (Å²) in [5.74, 6) is -0.830. The summed E-state index contributed by atoms with van der Waals surface area (Å²) >= 11 is 12.1. The Morgan fingerprint density at radius 1 is 1.36 bits per heavy atom. The van der Waals surface area contributed by atoms with Gasteiger partial charge in [0.05, 0.1) is 12.6 Å². The molecule has 1 fully saturated rings. The van der Waals surface area contributed by atoms with Gasteiger partial charge in [0.2, 0.25) is 0 Å². The number of carboxylic acids is 1. The Morgan fingerprint density at radius 2 is 2.04 bits per heavy atom. The zero-order valence-electron chi connectivity index (χ0n) is 14.3. The standard InChI is InChI=1S/C17H23Cl2N3O3/c1-3-22(9-16(23)24)13-7-12(8-13)21-17(25)20-10(2)14-6-11(18)4-5-15(14)19/h4-6,10,12-13H,3,7-9H2,1-2H3,(H,23,24)(H2,20,21,25)/t10-,12?,13?/m1/s1. The number of rotatable bonds is 7. The number of carbonyl (C=O) groups is 2. The first-order chi connectivity index (χ1) is 11.8. The van der Waals surface area contributed by atoms with Gasteiger partial charge in [-0.15, -0.1) is 0 Å². The Morgan fingerprint density at radius 3 is 2.64 bits per heavy atom. The number of urea groups is 1. The summed E-state index contributed by atoms with van der Waals surface area (Å²) < 4.78 is 0. The number of likely N-dealkylation sites (N-methyl/N-ethyl adjacent to an activating group) is 1. The zero-order valence-corrected chi connectivity index (χ0v) is 15.8. The number of nitrogens with one attached hydrogen (secondary N) is 2. The summed E-state index contributed by atoms with van der Waals surface area (Å²) in [6.45, 7) is 4.49. The van der Waals surface area contributed by atoms with Gasteiger partial charge in [0.25, 0.3) is 0 Å². The molecule has 1 atom stereocenters. The second kappa shape index (κ2) is 8.74.